The fourth-order valence-corrected chi connectivity index (χ4v) is 4.02. The van der Waals surface area contributed by atoms with Crippen molar-refractivity contribution in [2.45, 2.75) is 32.6 Å². The highest BCUT2D eigenvalue weighted by molar-refractivity contribution is 6.08. The maximum absolute atomic E-state index is 2.39. The van der Waals surface area contributed by atoms with Crippen LogP contribution in [-0.2, 0) is 6.42 Å². The first-order valence-corrected chi connectivity index (χ1v) is 7.67. The molecule has 2 atom stereocenters. The Morgan fingerprint density at radius 2 is 1.60 bits per heavy atom. The zero-order chi connectivity index (χ0) is 13.7. The Morgan fingerprint density at radius 3 is 2.50 bits per heavy atom. The van der Waals surface area contributed by atoms with E-state index in [9.17, 15) is 0 Å². The molecule has 0 nitrogen and oxygen atoms in total. The van der Waals surface area contributed by atoms with E-state index in [1.54, 1.807) is 11.1 Å². The summed E-state index contributed by atoms with van der Waals surface area (Å²) in [7, 11) is 0. The summed E-state index contributed by atoms with van der Waals surface area (Å²) in [6.45, 7) is 4.76. The van der Waals surface area contributed by atoms with Crippen molar-refractivity contribution in [2.75, 3.05) is 0 Å². The Kier molecular flexibility index (Phi) is 2.60. The lowest BCUT2D eigenvalue weighted by atomic mass is 9.76. The van der Waals surface area contributed by atoms with Gasteiger partial charge in [-0.15, -0.1) is 0 Å². The average molecular weight is 260 g/mol. The largest absolute Gasteiger partial charge is 0.0622 e. The molecule has 1 aliphatic rings. The molecule has 1 aliphatic carbocycles. The predicted molar refractivity (Wildman–Crippen MR) is 87.4 cm³/mol. The molecule has 3 aromatic rings. The molecule has 0 fully saturated rings. The van der Waals surface area contributed by atoms with Gasteiger partial charge in [0.05, 0.1) is 0 Å². The molecule has 0 saturated carbocycles. The van der Waals surface area contributed by atoms with E-state index in [0.717, 1.165) is 5.92 Å². The van der Waals surface area contributed by atoms with Crippen molar-refractivity contribution in [3.05, 3.63) is 59.7 Å². The third-order valence-electron chi connectivity index (χ3n) is 4.91. The highest BCUT2D eigenvalue weighted by Gasteiger charge is 2.23. The van der Waals surface area contributed by atoms with Crippen LogP contribution in [0.1, 0.15) is 37.3 Å². The van der Waals surface area contributed by atoms with Crippen LogP contribution in [0.2, 0.25) is 0 Å². The van der Waals surface area contributed by atoms with Crippen molar-refractivity contribution >= 4 is 21.5 Å². The molecule has 0 heteroatoms. The summed E-state index contributed by atoms with van der Waals surface area (Å²) in [5.74, 6) is 1.50. The Balaban J connectivity index is 2.09. The van der Waals surface area contributed by atoms with Gasteiger partial charge in [0.1, 0.15) is 0 Å². The molecule has 3 aromatic carbocycles. The van der Waals surface area contributed by atoms with Gasteiger partial charge in [-0.1, -0.05) is 62.4 Å². The highest BCUT2D eigenvalue weighted by atomic mass is 14.3. The fourth-order valence-electron chi connectivity index (χ4n) is 4.02. The minimum absolute atomic E-state index is 0.699. The Hall–Kier alpha value is -1.82. The quantitative estimate of drug-likeness (QED) is 0.456. The number of benzene rings is 3. The van der Waals surface area contributed by atoms with Crippen LogP contribution < -0.4 is 0 Å². The van der Waals surface area contributed by atoms with Gasteiger partial charge in [-0.3, -0.25) is 0 Å². The van der Waals surface area contributed by atoms with E-state index in [-0.39, 0.29) is 0 Å². The van der Waals surface area contributed by atoms with Crippen LogP contribution in [0.4, 0.5) is 0 Å². The lowest BCUT2D eigenvalue weighted by Crippen LogP contribution is -2.15. The van der Waals surface area contributed by atoms with E-state index in [2.05, 4.69) is 62.4 Å². The van der Waals surface area contributed by atoms with Crippen molar-refractivity contribution in [3.8, 4) is 0 Å². The summed E-state index contributed by atoms with van der Waals surface area (Å²) < 4.78 is 0. The molecule has 4 rings (SSSR count). The SMILES string of the molecule is CC1Cc2c(ccc3c2ccc2ccccc23)C(C)C1. The van der Waals surface area contributed by atoms with Crippen LogP contribution in [-0.4, -0.2) is 0 Å². The van der Waals surface area contributed by atoms with Gasteiger partial charge in [0.15, 0.2) is 0 Å². The molecule has 100 valence electrons. The smallest absolute Gasteiger partial charge is 0.0102 e. The molecule has 0 heterocycles. The number of hydrogen-bond donors (Lipinski definition) is 0. The average Bonchev–Trinajstić information content (AvgIpc) is 2.46. The Bertz CT molecular complexity index is 798. The van der Waals surface area contributed by atoms with Crippen LogP contribution in [0.15, 0.2) is 48.5 Å². The topological polar surface area (TPSA) is 0 Å². The van der Waals surface area contributed by atoms with Crippen molar-refractivity contribution < 1.29 is 0 Å². The van der Waals surface area contributed by atoms with Crippen LogP contribution in [0, 0.1) is 5.92 Å². The van der Waals surface area contributed by atoms with Gasteiger partial charge >= 0.3 is 0 Å². The standard InChI is InChI=1S/C20H20/c1-13-11-14(2)16-9-10-18-17-6-4-3-5-15(17)7-8-19(18)20(16)12-13/h3-10,13-14H,11-12H2,1-2H3. The van der Waals surface area contributed by atoms with E-state index in [1.807, 2.05) is 0 Å². The Morgan fingerprint density at radius 1 is 0.800 bits per heavy atom. The molecule has 0 aliphatic heterocycles. The third-order valence-corrected chi connectivity index (χ3v) is 4.91. The molecule has 20 heavy (non-hydrogen) atoms. The van der Waals surface area contributed by atoms with Crippen LogP contribution in [0.25, 0.3) is 21.5 Å². The molecule has 0 saturated heterocycles. The molecule has 0 spiro atoms. The first-order valence-electron chi connectivity index (χ1n) is 7.67. The van der Waals surface area contributed by atoms with Gasteiger partial charge in [0.25, 0.3) is 0 Å². The molecule has 0 N–H and O–H groups in total. The van der Waals surface area contributed by atoms with Crippen molar-refractivity contribution in [1.82, 2.24) is 0 Å². The molecule has 0 amide bonds. The second-order valence-electron chi connectivity index (χ2n) is 6.46. The van der Waals surface area contributed by atoms with Gasteiger partial charge in [-0.2, -0.15) is 0 Å². The zero-order valence-electron chi connectivity index (χ0n) is 12.2. The molecule has 0 radical (unpaired) electrons. The van der Waals surface area contributed by atoms with Crippen molar-refractivity contribution in [1.29, 1.82) is 0 Å². The Labute approximate surface area is 120 Å². The van der Waals surface area contributed by atoms with E-state index in [1.165, 1.54) is 34.4 Å². The van der Waals surface area contributed by atoms with E-state index in [4.69, 9.17) is 0 Å². The fraction of sp³-hybridized carbons (Fsp3) is 0.300. The summed E-state index contributed by atoms with van der Waals surface area (Å²) in [6, 6.07) is 18.1. The van der Waals surface area contributed by atoms with Gasteiger partial charge in [0.2, 0.25) is 0 Å². The van der Waals surface area contributed by atoms with E-state index in [0.29, 0.717) is 5.92 Å². The maximum atomic E-state index is 2.39. The summed E-state index contributed by atoms with van der Waals surface area (Å²) in [5.41, 5.74) is 3.17. The van der Waals surface area contributed by atoms with Crippen LogP contribution >= 0.6 is 0 Å². The first-order chi connectivity index (χ1) is 9.74. The second kappa shape index (κ2) is 4.34. The molecular formula is C20H20. The van der Waals surface area contributed by atoms with Gasteiger partial charge < -0.3 is 0 Å². The number of fused-ring (bicyclic) bond motifs is 5. The monoisotopic (exact) mass is 260 g/mol. The summed E-state index contributed by atoms with van der Waals surface area (Å²) in [5, 5.41) is 5.62. The number of hydrogen-bond acceptors (Lipinski definition) is 0. The predicted octanol–water partition coefficient (Wildman–Crippen LogP) is 5.68. The lowest BCUT2D eigenvalue weighted by molar-refractivity contribution is 0.452. The second-order valence-corrected chi connectivity index (χ2v) is 6.46. The molecule has 2 unspecified atom stereocenters. The van der Waals surface area contributed by atoms with Gasteiger partial charge in [0, 0.05) is 0 Å². The minimum Gasteiger partial charge on any atom is -0.0622 e. The van der Waals surface area contributed by atoms with Crippen LogP contribution in [0.5, 0.6) is 0 Å². The molecule has 0 aromatic heterocycles. The molecule has 0 bridgehead atoms. The summed E-state index contributed by atoms with van der Waals surface area (Å²) >= 11 is 0. The summed E-state index contributed by atoms with van der Waals surface area (Å²) in [4.78, 5) is 0. The maximum Gasteiger partial charge on any atom is -0.0102 e. The normalized spacial score (nSPS) is 22.1. The molecular weight excluding hydrogens is 240 g/mol. The van der Waals surface area contributed by atoms with E-state index >= 15 is 0 Å². The van der Waals surface area contributed by atoms with Crippen LogP contribution in [0.3, 0.4) is 0 Å². The third kappa shape index (κ3) is 1.67. The highest BCUT2D eigenvalue weighted by Crippen LogP contribution is 2.39. The number of rotatable bonds is 0. The van der Waals surface area contributed by atoms with Gasteiger partial charge in [-0.05, 0) is 57.3 Å². The first kappa shape index (κ1) is 12.0. The zero-order valence-corrected chi connectivity index (χ0v) is 12.2. The minimum atomic E-state index is 0.699. The van der Waals surface area contributed by atoms with E-state index < -0.39 is 0 Å². The van der Waals surface area contributed by atoms with Gasteiger partial charge in [-0.25, -0.2) is 0 Å². The van der Waals surface area contributed by atoms with Crippen molar-refractivity contribution in [3.63, 3.8) is 0 Å². The summed E-state index contributed by atoms with van der Waals surface area (Å²) in [6.07, 6.45) is 2.56. The lowest BCUT2D eigenvalue weighted by Gasteiger charge is -2.28. The van der Waals surface area contributed by atoms with Crippen molar-refractivity contribution in [2.24, 2.45) is 5.92 Å².